The van der Waals surface area contributed by atoms with E-state index in [1.165, 1.54) is 0 Å². The van der Waals surface area contributed by atoms with Gasteiger partial charge in [0, 0.05) is 7.05 Å². The van der Waals surface area contributed by atoms with Crippen molar-refractivity contribution in [1.82, 2.24) is 10.6 Å². The standard InChI is InChI=1S/C8H15N3O/c1-5(2)8(3)6(12)10-7(9-4)11-8/h5H,1-4H3,(H2,9,10,11,12)/t8-/m0/s1. The molecular weight excluding hydrogens is 154 g/mol. The molecule has 1 rings (SSSR count). The Morgan fingerprint density at radius 1 is 1.50 bits per heavy atom. The number of rotatable bonds is 1. The van der Waals surface area contributed by atoms with E-state index in [0.29, 0.717) is 5.96 Å². The molecule has 2 N–H and O–H groups in total. The fourth-order valence-electron chi connectivity index (χ4n) is 1.09. The Kier molecular flexibility index (Phi) is 2.08. The number of amides is 1. The van der Waals surface area contributed by atoms with Crippen LogP contribution in [-0.4, -0.2) is 24.5 Å². The van der Waals surface area contributed by atoms with Crippen LogP contribution in [0.1, 0.15) is 20.8 Å². The van der Waals surface area contributed by atoms with Gasteiger partial charge in [0.15, 0.2) is 5.96 Å². The molecule has 4 nitrogen and oxygen atoms in total. The fraction of sp³-hybridized carbons (Fsp3) is 0.750. The zero-order valence-electron chi connectivity index (χ0n) is 7.93. The van der Waals surface area contributed by atoms with Crippen LogP contribution in [-0.2, 0) is 4.79 Å². The molecule has 1 heterocycles. The Bertz CT molecular complexity index is 234. The molecule has 1 amide bonds. The van der Waals surface area contributed by atoms with Crippen molar-refractivity contribution in [3.63, 3.8) is 0 Å². The number of guanidine groups is 1. The zero-order chi connectivity index (χ0) is 9.35. The third-order valence-corrected chi connectivity index (χ3v) is 2.46. The summed E-state index contributed by atoms with van der Waals surface area (Å²) in [6.07, 6.45) is 0. The highest BCUT2D eigenvalue weighted by Crippen LogP contribution is 2.19. The van der Waals surface area contributed by atoms with Gasteiger partial charge in [0.1, 0.15) is 5.54 Å². The molecular formula is C8H15N3O. The molecule has 0 radical (unpaired) electrons. The number of carbonyl (C=O) groups is 1. The van der Waals surface area contributed by atoms with Crippen LogP contribution in [0.3, 0.4) is 0 Å². The van der Waals surface area contributed by atoms with E-state index < -0.39 is 5.54 Å². The second-order valence-corrected chi connectivity index (χ2v) is 3.51. The largest absolute Gasteiger partial charge is 0.342 e. The zero-order valence-corrected chi connectivity index (χ0v) is 7.93. The Morgan fingerprint density at radius 3 is 2.33 bits per heavy atom. The maximum atomic E-state index is 11.5. The molecule has 1 atom stereocenters. The molecule has 4 heteroatoms. The molecule has 12 heavy (non-hydrogen) atoms. The summed E-state index contributed by atoms with van der Waals surface area (Å²) in [5, 5.41) is 5.73. The first-order valence-electron chi connectivity index (χ1n) is 4.07. The summed E-state index contributed by atoms with van der Waals surface area (Å²) in [7, 11) is 1.65. The van der Waals surface area contributed by atoms with Gasteiger partial charge >= 0.3 is 0 Å². The van der Waals surface area contributed by atoms with Gasteiger partial charge in [-0.3, -0.25) is 15.1 Å². The van der Waals surface area contributed by atoms with E-state index in [0.717, 1.165) is 0 Å². The van der Waals surface area contributed by atoms with Gasteiger partial charge in [0.25, 0.3) is 5.91 Å². The molecule has 0 aromatic heterocycles. The maximum Gasteiger partial charge on any atom is 0.252 e. The molecule has 0 aliphatic carbocycles. The first-order chi connectivity index (χ1) is 5.50. The SMILES string of the molecule is CN=C1NC(=O)[C@](C)(C(C)C)N1. The Labute approximate surface area is 72.4 Å². The number of carbonyl (C=O) groups excluding carboxylic acids is 1. The van der Waals surface area contributed by atoms with Crippen molar-refractivity contribution in [3.05, 3.63) is 0 Å². The van der Waals surface area contributed by atoms with Crippen LogP contribution < -0.4 is 10.6 Å². The highest BCUT2D eigenvalue weighted by atomic mass is 16.2. The minimum atomic E-state index is -0.505. The van der Waals surface area contributed by atoms with Gasteiger partial charge in [0.05, 0.1) is 0 Å². The second-order valence-electron chi connectivity index (χ2n) is 3.51. The fourth-order valence-corrected chi connectivity index (χ4v) is 1.09. The molecule has 0 saturated carbocycles. The van der Waals surface area contributed by atoms with Crippen molar-refractivity contribution in [2.24, 2.45) is 10.9 Å². The summed E-state index contributed by atoms with van der Waals surface area (Å²) in [5.41, 5.74) is -0.505. The van der Waals surface area contributed by atoms with Gasteiger partial charge in [-0.25, -0.2) is 0 Å². The number of nitrogens with zero attached hydrogens (tertiary/aromatic N) is 1. The number of nitrogens with one attached hydrogen (secondary N) is 2. The average Bonchev–Trinajstić information content (AvgIpc) is 2.29. The third-order valence-electron chi connectivity index (χ3n) is 2.46. The van der Waals surface area contributed by atoms with Crippen molar-refractivity contribution in [2.75, 3.05) is 7.05 Å². The first-order valence-corrected chi connectivity index (χ1v) is 4.07. The predicted octanol–water partition coefficient (Wildman–Crippen LogP) is 0.106. The van der Waals surface area contributed by atoms with E-state index in [-0.39, 0.29) is 11.8 Å². The summed E-state index contributed by atoms with van der Waals surface area (Å²) in [5.74, 6) is 0.811. The van der Waals surface area contributed by atoms with Crippen LogP contribution in [0.5, 0.6) is 0 Å². The summed E-state index contributed by atoms with van der Waals surface area (Å²) >= 11 is 0. The normalized spacial score (nSPS) is 32.4. The van der Waals surface area contributed by atoms with Crippen molar-refractivity contribution in [1.29, 1.82) is 0 Å². The molecule has 1 aliphatic rings. The molecule has 1 fully saturated rings. The van der Waals surface area contributed by atoms with E-state index in [2.05, 4.69) is 15.6 Å². The van der Waals surface area contributed by atoms with Crippen LogP contribution in [0.2, 0.25) is 0 Å². The van der Waals surface area contributed by atoms with Crippen molar-refractivity contribution in [2.45, 2.75) is 26.3 Å². The van der Waals surface area contributed by atoms with Crippen molar-refractivity contribution in [3.8, 4) is 0 Å². The van der Waals surface area contributed by atoms with Gasteiger partial charge in [-0.1, -0.05) is 13.8 Å². The summed E-state index contributed by atoms with van der Waals surface area (Å²) < 4.78 is 0. The minimum absolute atomic E-state index is 0.00176. The maximum absolute atomic E-state index is 11.5. The number of aliphatic imine (C=N–C) groups is 1. The average molecular weight is 169 g/mol. The molecule has 68 valence electrons. The van der Waals surface area contributed by atoms with Crippen LogP contribution in [0.15, 0.2) is 4.99 Å². The van der Waals surface area contributed by atoms with Crippen LogP contribution >= 0.6 is 0 Å². The van der Waals surface area contributed by atoms with E-state index in [9.17, 15) is 4.79 Å². The predicted molar refractivity (Wildman–Crippen MR) is 47.9 cm³/mol. The van der Waals surface area contributed by atoms with Gasteiger partial charge < -0.3 is 5.32 Å². The molecule has 0 unspecified atom stereocenters. The number of hydrogen-bond acceptors (Lipinski definition) is 2. The Balaban J connectivity index is 2.89. The van der Waals surface area contributed by atoms with E-state index in [1.807, 2.05) is 20.8 Å². The van der Waals surface area contributed by atoms with Crippen LogP contribution in [0, 0.1) is 5.92 Å². The van der Waals surface area contributed by atoms with Crippen molar-refractivity contribution >= 4 is 11.9 Å². The van der Waals surface area contributed by atoms with Gasteiger partial charge in [-0.05, 0) is 12.8 Å². The first kappa shape index (κ1) is 9.03. The third kappa shape index (κ3) is 1.17. The van der Waals surface area contributed by atoms with Gasteiger partial charge in [-0.2, -0.15) is 0 Å². The van der Waals surface area contributed by atoms with Gasteiger partial charge in [0.2, 0.25) is 0 Å². The lowest BCUT2D eigenvalue weighted by atomic mass is 9.89. The Hall–Kier alpha value is -1.06. The van der Waals surface area contributed by atoms with Gasteiger partial charge in [-0.15, -0.1) is 0 Å². The minimum Gasteiger partial charge on any atom is -0.342 e. The van der Waals surface area contributed by atoms with E-state index in [1.54, 1.807) is 7.05 Å². The summed E-state index contributed by atoms with van der Waals surface area (Å²) in [4.78, 5) is 15.3. The topological polar surface area (TPSA) is 53.5 Å². The van der Waals surface area contributed by atoms with Crippen LogP contribution in [0.4, 0.5) is 0 Å². The Morgan fingerprint density at radius 2 is 2.08 bits per heavy atom. The highest BCUT2D eigenvalue weighted by molar-refractivity contribution is 6.08. The van der Waals surface area contributed by atoms with Crippen molar-refractivity contribution < 1.29 is 4.79 Å². The summed E-state index contributed by atoms with van der Waals surface area (Å²) in [6, 6.07) is 0. The smallest absolute Gasteiger partial charge is 0.252 e. The summed E-state index contributed by atoms with van der Waals surface area (Å²) in [6.45, 7) is 5.89. The van der Waals surface area contributed by atoms with Crippen LogP contribution in [0.25, 0.3) is 0 Å². The molecule has 1 saturated heterocycles. The monoisotopic (exact) mass is 169 g/mol. The molecule has 0 aromatic rings. The number of hydrogen-bond donors (Lipinski definition) is 2. The highest BCUT2D eigenvalue weighted by Gasteiger charge is 2.42. The molecule has 1 aliphatic heterocycles. The molecule has 0 aromatic carbocycles. The lowest BCUT2D eigenvalue weighted by molar-refractivity contribution is -0.124. The second kappa shape index (κ2) is 2.77. The molecule has 0 spiro atoms. The lowest BCUT2D eigenvalue weighted by Crippen LogP contribution is -2.48. The quantitative estimate of drug-likeness (QED) is 0.585. The lowest BCUT2D eigenvalue weighted by Gasteiger charge is -2.25. The van der Waals surface area contributed by atoms with E-state index >= 15 is 0 Å². The molecule has 0 bridgehead atoms. The van der Waals surface area contributed by atoms with E-state index in [4.69, 9.17) is 0 Å².